The summed E-state index contributed by atoms with van der Waals surface area (Å²) in [5, 5.41) is 0. The minimum absolute atomic E-state index is 0.170. The molecule has 3 aromatic rings. The molecule has 0 atom stereocenters. The molecule has 0 aliphatic carbocycles. The number of rotatable bonds is 5. The van der Waals surface area contributed by atoms with Crippen LogP contribution in [0.2, 0.25) is 0 Å². The fourth-order valence-corrected chi connectivity index (χ4v) is 2.61. The maximum absolute atomic E-state index is 12.4. The summed E-state index contributed by atoms with van der Waals surface area (Å²) in [6, 6.07) is 13.2. The summed E-state index contributed by atoms with van der Waals surface area (Å²) in [5.41, 5.74) is 4.15. The molecular formula is C19H19N3O2. The Hall–Kier alpha value is -2.95. The van der Waals surface area contributed by atoms with E-state index in [9.17, 15) is 4.79 Å². The second-order valence-corrected chi connectivity index (χ2v) is 5.59. The van der Waals surface area contributed by atoms with Gasteiger partial charge in [-0.2, -0.15) is 0 Å². The Morgan fingerprint density at radius 2 is 1.71 bits per heavy atom. The zero-order valence-electron chi connectivity index (χ0n) is 13.8. The van der Waals surface area contributed by atoms with Crippen molar-refractivity contribution in [3.63, 3.8) is 0 Å². The monoisotopic (exact) mass is 321 g/mol. The van der Waals surface area contributed by atoms with Gasteiger partial charge in [-0.05, 0) is 44.2 Å². The number of aryl methyl sites for hydroxylation is 1. The van der Waals surface area contributed by atoms with E-state index in [1.54, 1.807) is 12.4 Å². The molecule has 0 radical (unpaired) electrons. The highest BCUT2D eigenvalue weighted by Crippen LogP contribution is 2.18. The van der Waals surface area contributed by atoms with Crippen molar-refractivity contribution < 1.29 is 9.53 Å². The van der Waals surface area contributed by atoms with Gasteiger partial charge in [-0.1, -0.05) is 12.1 Å². The predicted molar refractivity (Wildman–Crippen MR) is 90.6 cm³/mol. The normalized spacial score (nSPS) is 10.6. The molecule has 0 bridgehead atoms. The van der Waals surface area contributed by atoms with E-state index in [-0.39, 0.29) is 12.6 Å². The van der Waals surface area contributed by atoms with Gasteiger partial charge in [0.2, 0.25) is 0 Å². The lowest BCUT2D eigenvalue weighted by atomic mass is 10.2. The molecule has 122 valence electrons. The molecule has 0 amide bonds. The quantitative estimate of drug-likeness (QED) is 0.677. The average Bonchev–Trinajstić information content (AvgIpc) is 2.90. The molecule has 0 saturated heterocycles. The van der Waals surface area contributed by atoms with Crippen LogP contribution in [0.4, 0.5) is 0 Å². The molecule has 3 rings (SSSR count). The van der Waals surface area contributed by atoms with E-state index in [4.69, 9.17) is 4.74 Å². The lowest BCUT2D eigenvalue weighted by Gasteiger charge is -2.09. The van der Waals surface area contributed by atoms with Gasteiger partial charge in [-0.3, -0.25) is 9.97 Å². The van der Waals surface area contributed by atoms with Crippen molar-refractivity contribution in [1.29, 1.82) is 0 Å². The highest BCUT2D eigenvalue weighted by atomic mass is 16.5. The molecule has 0 fully saturated rings. The van der Waals surface area contributed by atoms with E-state index < -0.39 is 0 Å². The largest absolute Gasteiger partial charge is 0.456 e. The summed E-state index contributed by atoms with van der Waals surface area (Å²) in [7, 11) is 0. The zero-order valence-corrected chi connectivity index (χ0v) is 13.8. The summed E-state index contributed by atoms with van der Waals surface area (Å²) in [6.45, 7) is 4.70. The molecule has 0 aromatic carbocycles. The second-order valence-electron chi connectivity index (χ2n) is 5.59. The molecule has 0 spiro atoms. The summed E-state index contributed by atoms with van der Waals surface area (Å²) >= 11 is 0. The maximum Gasteiger partial charge on any atom is 0.340 e. The highest BCUT2D eigenvalue weighted by molar-refractivity contribution is 5.91. The fraction of sp³-hybridized carbons (Fsp3) is 0.211. The van der Waals surface area contributed by atoms with Crippen LogP contribution in [-0.2, 0) is 17.9 Å². The smallest absolute Gasteiger partial charge is 0.340 e. The first kappa shape index (κ1) is 15.9. The number of nitrogens with zero attached hydrogens (tertiary/aromatic N) is 3. The molecule has 5 heteroatoms. The van der Waals surface area contributed by atoms with E-state index in [0.717, 1.165) is 22.8 Å². The number of hydrogen-bond acceptors (Lipinski definition) is 4. The van der Waals surface area contributed by atoms with Crippen LogP contribution in [0.3, 0.4) is 0 Å². The number of pyridine rings is 2. The van der Waals surface area contributed by atoms with Crippen molar-refractivity contribution in [2.24, 2.45) is 0 Å². The Kier molecular flexibility index (Phi) is 4.70. The summed E-state index contributed by atoms with van der Waals surface area (Å²) in [4.78, 5) is 20.9. The van der Waals surface area contributed by atoms with Crippen LogP contribution >= 0.6 is 0 Å². The molecule has 5 nitrogen and oxygen atoms in total. The molecular weight excluding hydrogens is 302 g/mol. The van der Waals surface area contributed by atoms with Crippen LogP contribution in [0.5, 0.6) is 0 Å². The third-order valence-electron chi connectivity index (χ3n) is 3.92. The number of ether oxygens (including phenoxy) is 1. The summed E-state index contributed by atoms with van der Waals surface area (Å²) in [5.74, 6) is -0.332. The van der Waals surface area contributed by atoms with E-state index in [0.29, 0.717) is 12.1 Å². The molecule has 3 heterocycles. The van der Waals surface area contributed by atoms with Gasteiger partial charge >= 0.3 is 5.97 Å². The SMILES string of the molecule is Cc1cc(C(=O)OCc2ccccn2)c(C)n1Cc1ccccn1. The fourth-order valence-electron chi connectivity index (χ4n) is 2.61. The maximum atomic E-state index is 12.4. The van der Waals surface area contributed by atoms with Crippen molar-refractivity contribution in [1.82, 2.24) is 14.5 Å². The van der Waals surface area contributed by atoms with Crippen molar-refractivity contribution >= 4 is 5.97 Å². The summed E-state index contributed by atoms with van der Waals surface area (Å²) in [6.07, 6.45) is 3.45. The van der Waals surface area contributed by atoms with E-state index in [1.165, 1.54) is 0 Å². The highest BCUT2D eigenvalue weighted by Gasteiger charge is 2.17. The lowest BCUT2D eigenvalue weighted by Crippen LogP contribution is -2.09. The minimum atomic E-state index is -0.332. The summed E-state index contributed by atoms with van der Waals surface area (Å²) < 4.78 is 7.45. The average molecular weight is 321 g/mol. The third kappa shape index (κ3) is 3.51. The van der Waals surface area contributed by atoms with Gasteiger partial charge in [0.05, 0.1) is 23.5 Å². The first-order valence-electron chi connectivity index (χ1n) is 7.79. The van der Waals surface area contributed by atoms with E-state index in [1.807, 2.05) is 56.3 Å². The van der Waals surface area contributed by atoms with E-state index >= 15 is 0 Å². The molecule has 3 aromatic heterocycles. The Balaban J connectivity index is 1.74. The predicted octanol–water partition coefficient (Wildman–Crippen LogP) is 3.30. The number of esters is 1. The van der Waals surface area contributed by atoms with Crippen LogP contribution in [0.15, 0.2) is 54.9 Å². The van der Waals surface area contributed by atoms with Gasteiger partial charge in [-0.15, -0.1) is 0 Å². The van der Waals surface area contributed by atoms with Gasteiger partial charge < -0.3 is 9.30 Å². The van der Waals surface area contributed by atoms with Crippen LogP contribution in [-0.4, -0.2) is 20.5 Å². The van der Waals surface area contributed by atoms with Crippen molar-refractivity contribution in [2.45, 2.75) is 27.0 Å². The Labute approximate surface area is 141 Å². The Bertz CT molecular complexity index is 827. The second kappa shape index (κ2) is 7.08. The molecule has 0 aliphatic rings. The van der Waals surface area contributed by atoms with Crippen LogP contribution in [0.25, 0.3) is 0 Å². The first-order chi connectivity index (χ1) is 11.6. The number of carbonyl (C=O) groups is 1. The van der Waals surface area contributed by atoms with Gasteiger partial charge in [0, 0.05) is 23.8 Å². The van der Waals surface area contributed by atoms with Gasteiger partial charge in [-0.25, -0.2) is 4.79 Å². The zero-order chi connectivity index (χ0) is 16.9. The molecule has 0 saturated carbocycles. The van der Waals surface area contributed by atoms with Crippen molar-refractivity contribution in [3.8, 4) is 0 Å². The molecule has 0 unspecified atom stereocenters. The van der Waals surface area contributed by atoms with E-state index in [2.05, 4.69) is 14.5 Å². The number of aromatic nitrogens is 3. The van der Waals surface area contributed by atoms with Gasteiger partial charge in [0.25, 0.3) is 0 Å². The third-order valence-corrected chi connectivity index (χ3v) is 3.92. The Morgan fingerprint density at radius 3 is 2.33 bits per heavy atom. The molecule has 0 N–H and O–H groups in total. The lowest BCUT2D eigenvalue weighted by molar-refractivity contribution is 0.0467. The topological polar surface area (TPSA) is 57.0 Å². The van der Waals surface area contributed by atoms with Crippen molar-refractivity contribution in [3.05, 3.63) is 83.2 Å². The van der Waals surface area contributed by atoms with Crippen LogP contribution < -0.4 is 0 Å². The van der Waals surface area contributed by atoms with Crippen LogP contribution in [0.1, 0.15) is 33.1 Å². The minimum Gasteiger partial charge on any atom is -0.456 e. The van der Waals surface area contributed by atoms with Gasteiger partial charge in [0.1, 0.15) is 6.61 Å². The van der Waals surface area contributed by atoms with Gasteiger partial charge in [0.15, 0.2) is 0 Å². The number of carbonyl (C=O) groups excluding carboxylic acids is 1. The standard InChI is InChI=1S/C19H19N3O2/c1-14-11-18(19(23)24-13-17-8-4-6-10-21-17)15(2)22(14)12-16-7-3-5-9-20-16/h3-11H,12-13H2,1-2H3. The molecule has 24 heavy (non-hydrogen) atoms. The Morgan fingerprint density at radius 1 is 1.04 bits per heavy atom. The van der Waals surface area contributed by atoms with Crippen molar-refractivity contribution in [2.75, 3.05) is 0 Å². The molecule has 0 aliphatic heterocycles. The number of hydrogen-bond donors (Lipinski definition) is 0. The first-order valence-corrected chi connectivity index (χ1v) is 7.79. The van der Waals surface area contributed by atoms with Crippen LogP contribution in [0, 0.1) is 13.8 Å².